The largest absolute Gasteiger partial charge is 0.416 e. The van der Waals surface area contributed by atoms with E-state index in [1.54, 1.807) is 12.3 Å². The van der Waals surface area contributed by atoms with Gasteiger partial charge in [0.25, 0.3) is 0 Å². The van der Waals surface area contributed by atoms with Gasteiger partial charge >= 0.3 is 6.18 Å². The van der Waals surface area contributed by atoms with Crippen LogP contribution in [0.2, 0.25) is 0 Å². The molecule has 0 aromatic heterocycles. The minimum absolute atomic E-state index is 0.195. The van der Waals surface area contributed by atoms with Gasteiger partial charge in [-0.2, -0.15) is 13.2 Å². The molecule has 29 heavy (non-hydrogen) atoms. The van der Waals surface area contributed by atoms with Crippen molar-refractivity contribution in [3.8, 4) is 0 Å². The van der Waals surface area contributed by atoms with Gasteiger partial charge in [0, 0.05) is 19.8 Å². The van der Waals surface area contributed by atoms with Crippen LogP contribution < -0.4 is 11.1 Å². The highest BCUT2D eigenvalue weighted by Gasteiger charge is 2.30. The third-order valence-corrected chi connectivity index (χ3v) is 4.69. The van der Waals surface area contributed by atoms with Crippen LogP contribution in [0.1, 0.15) is 78.4 Å². The van der Waals surface area contributed by atoms with E-state index >= 15 is 0 Å². The minimum atomic E-state index is -4.31. The third kappa shape index (κ3) is 13.5. The Morgan fingerprint density at radius 1 is 1.07 bits per heavy atom. The molecule has 1 unspecified atom stereocenters. The van der Waals surface area contributed by atoms with Gasteiger partial charge in [-0.05, 0) is 17.7 Å². The van der Waals surface area contributed by atoms with Crippen molar-refractivity contribution in [3.05, 3.63) is 46.6 Å². The normalized spacial score (nSPS) is 14.7. The summed E-state index contributed by atoms with van der Waals surface area (Å²) in [6.07, 6.45) is 3.00. The number of hydrogen-bond acceptors (Lipinski definition) is 4. The van der Waals surface area contributed by atoms with Crippen LogP contribution in [0, 0.1) is 0 Å². The summed E-state index contributed by atoms with van der Waals surface area (Å²) in [6.45, 7) is 12.9. The van der Waals surface area contributed by atoms with E-state index in [0.29, 0.717) is 12.1 Å². The van der Waals surface area contributed by atoms with E-state index in [1.165, 1.54) is 49.6 Å². The summed E-state index contributed by atoms with van der Waals surface area (Å²) < 4.78 is 37.8. The zero-order valence-corrected chi connectivity index (χ0v) is 19.9. The Hall–Kier alpha value is -1.34. The van der Waals surface area contributed by atoms with E-state index in [2.05, 4.69) is 19.2 Å². The quantitative estimate of drug-likeness (QED) is 0.465. The second-order valence-corrected chi connectivity index (χ2v) is 7.11. The molecule has 170 valence electrons. The topological polar surface area (TPSA) is 41.3 Å². The highest BCUT2D eigenvalue weighted by atomic mass is 32.2. The van der Waals surface area contributed by atoms with Crippen molar-refractivity contribution in [2.45, 2.75) is 85.4 Å². The fourth-order valence-corrected chi connectivity index (χ4v) is 3.03. The van der Waals surface area contributed by atoms with Crippen LogP contribution in [-0.4, -0.2) is 17.4 Å². The summed E-state index contributed by atoms with van der Waals surface area (Å²) in [5.74, 6) is 0. The van der Waals surface area contributed by atoms with Gasteiger partial charge in [-0.25, -0.2) is 0 Å². The molecule has 1 heterocycles. The first kappa shape index (κ1) is 29.9. The Morgan fingerprint density at radius 2 is 1.62 bits per heavy atom. The molecule has 0 amide bonds. The summed E-state index contributed by atoms with van der Waals surface area (Å²) in [5, 5.41) is 3.84. The lowest BCUT2D eigenvalue weighted by atomic mass is 10.1. The van der Waals surface area contributed by atoms with Crippen LogP contribution >= 0.6 is 11.8 Å². The molecule has 0 saturated carbocycles. The van der Waals surface area contributed by atoms with Crippen molar-refractivity contribution in [2.24, 2.45) is 5.73 Å². The highest BCUT2D eigenvalue weighted by molar-refractivity contribution is 8.03. The monoisotopic (exact) mass is 435 g/mol. The zero-order chi connectivity index (χ0) is 22.9. The Labute approximate surface area is 180 Å². The molecule has 1 atom stereocenters. The summed E-state index contributed by atoms with van der Waals surface area (Å²) in [6, 6.07) is 5.35. The lowest BCUT2D eigenvalue weighted by Gasteiger charge is -2.20. The number of hydrogen-bond donors (Lipinski definition) is 2. The zero-order valence-electron chi connectivity index (χ0n) is 19.1. The predicted molar refractivity (Wildman–Crippen MR) is 122 cm³/mol. The van der Waals surface area contributed by atoms with Gasteiger partial charge in [-0.1, -0.05) is 91.1 Å². The molecule has 1 aliphatic rings. The molecule has 0 radical (unpaired) electrons. The number of thioether (sulfide) groups is 1. The number of nitrogens with two attached hydrogens (primary N) is 1. The number of nitrogens with zero attached hydrogens (tertiary/aromatic N) is 1. The van der Waals surface area contributed by atoms with E-state index in [9.17, 15) is 13.2 Å². The van der Waals surface area contributed by atoms with Crippen molar-refractivity contribution in [3.63, 3.8) is 0 Å². The number of nitrogens with one attached hydrogen (secondary N) is 1. The van der Waals surface area contributed by atoms with Crippen LogP contribution in [0.3, 0.4) is 0 Å². The molecule has 3 N–H and O–H groups in total. The van der Waals surface area contributed by atoms with E-state index in [4.69, 9.17) is 5.73 Å². The summed E-state index contributed by atoms with van der Waals surface area (Å²) >= 11 is 1.43. The Balaban J connectivity index is 0. The molecule has 0 aliphatic carbocycles. The van der Waals surface area contributed by atoms with Crippen molar-refractivity contribution in [1.29, 1.82) is 0 Å². The van der Waals surface area contributed by atoms with Crippen molar-refractivity contribution >= 4 is 11.8 Å². The first-order chi connectivity index (χ1) is 13.8. The maximum Gasteiger partial charge on any atom is 0.416 e. The van der Waals surface area contributed by atoms with Gasteiger partial charge in [0.2, 0.25) is 0 Å². The lowest BCUT2D eigenvalue weighted by molar-refractivity contribution is -0.137. The van der Waals surface area contributed by atoms with Gasteiger partial charge in [0.15, 0.2) is 0 Å². The molecule has 0 saturated heterocycles. The fourth-order valence-electron chi connectivity index (χ4n) is 2.25. The van der Waals surface area contributed by atoms with E-state index in [0.717, 1.165) is 11.1 Å². The van der Waals surface area contributed by atoms with Crippen molar-refractivity contribution < 1.29 is 13.2 Å². The molecule has 0 bridgehead atoms. The number of benzene rings is 1. The Morgan fingerprint density at radius 3 is 2.03 bits per heavy atom. The van der Waals surface area contributed by atoms with Gasteiger partial charge < -0.3 is 16.0 Å². The van der Waals surface area contributed by atoms with Crippen molar-refractivity contribution in [1.82, 2.24) is 10.2 Å². The Kier molecular flexibility index (Phi) is 18.0. The lowest BCUT2D eigenvalue weighted by Crippen LogP contribution is -2.25. The highest BCUT2D eigenvalue weighted by Crippen LogP contribution is 2.31. The third-order valence-electron chi connectivity index (χ3n) is 3.63. The molecule has 0 fully saturated rings. The summed E-state index contributed by atoms with van der Waals surface area (Å²) in [5.41, 5.74) is 5.45. The number of rotatable bonds is 6. The van der Waals surface area contributed by atoms with Crippen LogP contribution in [0.25, 0.3) is 0 Å². The molecule has 3 nitrogen and oxygen atoms in total. The first-order valence-corrected chi connectivity index (χ1v) is 11.4. The smallest absolute Gasteiger partial charge is 0.365 e. The predicted octanol–water partition coefficient (Wildman–Crippen LogP) is 7.15. The van der Waals surface area contributed by atoms with Crippen LogP contribution in [0.15, 0.2) is 35.5 Å². The Bertz CT molecular complexity index is 544. The summed E-state index contributed by atoms with van der Waals surface area (Å²) in [7, 11) is 1.82. The van der Waals surface area contributed by atoms with Crippen LogP contribution in [-0.2, 0) is 12.7 Å². The minimum Gasteiger partial charge on any atom is -0.365 e. The van der Waals surface area contributed by atoms with Crippen LogP contribution in [0.4, 0.5) is 13.2 Å². The second kappa shape index (κ2) is 17.5. The maximum absolute atomic E-state index is 12.6. The van der Waals surface area contributed by atoms with Gasteiger partial charge in [-0.15, -0.1) is 0 Å². The van der Waals surface area contributed by atoms with E-state index in [1.807, 2.05) is 39.6 Å². The number of halogens is 3. The first-order valence-electron chi connectivity index (χ1n) is 10.5. The standard InChI is InChI=1S/C12H14F3N3S.C6H14.2C2H6/c1-18(10-6-17-11(16)19-10)7-8-3-2-4-9(5-8)12(13,14)15;1-3-5-6-4-2;2*1-2/h2-6,11,17H,7,16H2,1H3;3-6H2,1-2H3;2*1-2H3. The van der Waals surface area contributed by atoms with E-state index in [-0.39, 0.29) is 5.50 Å². The molecule has 1 aliphatic heterocycles. The average molecular weight is 436 g/mol. The average Bonchev–Trinajstić information content (AvgIpc) is 3.16. The fraction of sp³-hybridized carbons (Fsp3) is 0.636. The van der Waals surface area contributed by atoms with E-state index < -0.39 is 11.7 Å². The molecule has 0 spiro atoms. The SMILES string of the molecule is CC.CC.CCCCCC.CN(Cc1cccc(C(F)(F)F)c1)C1=CNC(N)S1. The maximum atomic E-state index is 12.6. The van der Waals surface area contributed by atoms with Crippen molar-refractivity contribution in [2.75, 3.05) is 7.05 Å². The molecule has 2 rings (SSSR count). The molecular formula is C22H40F3N3S. The second-order valence-electron chi connectivity index (χ2n) is 5.95. The molecule has 1 aromatic carbocycles. The summed E-state index contributed by atoms with van der Waals surface area (Å²) in [4.78, 5) is 1.86. The molecule has 7 heteroatoms. The van der Waals surface area contributed by atoms with Gasteiger partial charge in [-0.3, -0.25) is 0 Å². The van der Waals surface area contributed by atoms with Gasteiger partial charge in [0.05, 0.1) is 10.6 Å². The van der Waals surface area contributed by atoms with Gasteiger partial charge in [0.1, 0.15) is 5.50 Å². The molecule has 1 aromatic rings. The molecular weight excluding hydrogens is 395 g/mol. The van der Waals surface area contributed by atoms with Crippen LogP contribution in [0.5, 0.6) is 0 Å². The number of alkyl halides is 3. The number of unbranched alkanes of at least 4 members (excludes halogenated alkanes) is 3.